The van der Waals surface area contributed by atoms with Crippen LogP contribution in [-0.2, 0) is 16.9 Å². The summed E-state index contributed by atoms with van der Waals surface area (Å²) >= 11 is 6.13. The Morgan fingerprint density at radius 1 is 1.17 bits per heavy atom. The lowest BCUT2D eigenvalue weighted by Crippen LogP contribution is -2.40. The zero-order chi connectivity index (χ0) is 20.6. The van der Waals surface area contributed by atoms with Crippen molar-refractivity contribution in [2.24, 2.45) is 0 Å². The van der Waals surface area contributed by atoms with Gasteiger partial charge in [-0.15, -0.1) is 10.2 Å². The maximum atomic E-state index is 13.0. The zero-order valence-electron chi connectivity index (χ0n) is 15.2. The van der Waals surface area contributed by atoms with Crippen LogP contribution in [0.3, 0.4) is 0 Å². The molecule has 1 saturated heterocycles. The van der Waals surface area contributed by atoms with Crippen LogP contribution in [0.25, 0.3) is 11.5 Å². The molecule has 144 valence electrons. The number of hydrogen-bond donors (Lipinski definition) is 1. The van der Waals surface area contributed by atoms with Gasteiger partial charge in [-0.1, -0.05) is 35.9 Å². The van der Waals surface area contributed by atoms with Gasteiger partial charge in [0.05, 0.1) is 22.2 Å². The number of aromatic nitrogens is 2. The minimum Gasteiger partial charge on any atom is -0.419 e. The summed E-state index contributed by atoms with van der Waals surface area (Å²) in [6.07, 6.45) is 0. The quantitative estimate of drug-likeness (QED) is 0.664. The number of rotatable bonds is 4. The lowest BCUT2D eigenvalue weighted by molar-refractivity contribution is -0.131. The maximum absolute atomic E-state index is 13.0. The molecular formula is C20H14ClN5O3. The van der Waals surface area contributed by atoms with Crippen molar-refractivity contribution in [2.45, 2.75) is 19.0 Å². The molecule has 1 aliphatic rings. The van der Waals surface area contributed by atoms with Gasteiger partial charge >= 0.3 is 6.03 Å². The molecule has 3 aromatic rings. The Bertz CT molecular complexity index is 1150. The number of amides is 3. The summed E-state index contributed by atoms with van der Waals surface area (Å²) < 4.78 is 5.60. The van der Waals surface area contributed by atoms with Crippen LogP contribution in [0.15, 0.2) is 52.9 Å². The van der Waals surface area contributed by atoms with E-state index in [2.05, 4.69) is 15.5 Å². The predicted octanol–water partition coefficient (Wildman–Crippen LogP) is 3.23. The molecule has 0 spiro atoms. The number of nitrogens with zero attached hydrogens (tertiary/aromatic N) is 4. The minimum atomic E-state index is -1.25. The van der Waals surface area contributed by atoms with E-state index in [1.807, 2.05) is 6.07 Å². The molecule has 1 atom stereocenters. The molecule has 2 heterocycles. The summed E-state index contributed by atoms with van der Waals surface area (Å²) in [6.45, 7) is 1.44. The van der Waals surface area contributed by atoms with E-state index in [1.165, 1.54) is 0 Å². The molecule has 0 saturated carbocycles. The fraction of sp³-hybridized carbons (Fsp3) is 0.150. The van der Waals surface area contributed by atoms with E-state index in [1.54, 1.807) is 55.5 Å². The summed E-state index contributed by atoms with van der Waals surface area (Å²) in [7, 11) is 0. The van der Waals surface area contributed by atoms with Crippen LogP contribution >= 0.6 is 11.6 Å². The molecule has 29 heavy (non-hydrogen) atoms. The van der Waals surface area contributed by atoms with E-state index in [9.17, 15) is 9.59 Å². The number of nitrogens with one attached hydrogen (secondary N) is 1. The van der Waals surface area contributed by atoms with Gasteiger partial charge in [-0.3, -0.25) is 9.69 Å². The molecular weight excluding hydrogens is 394 g/mol. The minimum absolute atomic E-state index is 0.104. The molecule has 2 aromatic carbocycles. The van der Waals surface area contributed by atoms with Crippen molar-refractivity contribution in [3.05, 3.63) is 70.6 Å². The predicted molar refractivity (Wildman–Crippen MR) is 102 cm³/mol. The van der Waals surface area contributed by atoms with Gasteiger partial charge in [0.25, 0.3) is 5.91 Å². The van der Waals surface area contributed by atoms with Gasteiger partial charge in [0.15, 0.2) is 0 Å². The Morgan fingerprint density at radius 2 is 1.90 bits per heavy atom. The first-order valence-corrected chi connectivity index (χ1v) is 9.02. The third kappa shape index (κ3) is 3.22. The molecule has 1 fully saturated rings. The SMILES string of the molecule is CC1(c2ccc(C#N)cc2)NC(=O)N(Cc2nnc(-c3ccccc3Cl)o2)C1=O. The number of halogens is 1. The second-order valence-corrected chi connectivity index (χ2v) is 7.02. The van der Waals surface area contributed by atoms with Gasteiger partial charge in [-0.2, -0.15) is 5.26 Å². The Balaban J connectivity index is 1.57. The van der Waals surface area contributed by atoms with Crippen LogP contribution in [-0.4, -0.2) is 27.0 Å². The number of hydrogen-bond acceptors (Lipinski definition) is 6. The molecule has 0 bridgehead atoms. The molecule has 1 N–H and O–H groups in total. The van der Waals surface area contributed by atoms with Crippen molar-refractivity contribution in [3.8, 4) is 17.5 Å². The highest BCUT2D eigenvalue weighted by atomic mass is 35.5. The van der Waals surface area contributed by atoms with Gasteiger partial charge in [-0.25, -0.2) is 4.79 Å². The topological polar surface area (TPSA) is 112 Å². The van der Waals surface area contributed by atoms with Crippen molar-refractivity contribution in [2.75, 3.05) is 0 Å². The van der Waals surface area contributed by atoms with Crippen LogP contribution in [0.5, 0.6) is 0 Å². The highest BCUT2D eigenvalue weighted by Gasteiger charge is 2.49. The van der Waals surface area contributed by atoms with Crippen LogP contribution < -0.4 is 5.32 Å². The van der Waals surface area contributed by atoms with Crippen molar-refractivity contribution < 1.29 is 14.0 Å². The van der Waals surface area contributed by atoms with Gasteiger partial charge in [0.1, 0.15) is 12.1 Å². The summed E-state index contributed by atoms with van der Waals surface area (Å²) in [5, 5.41) is 20.0. The third-order valence-corrected chi connectivity index (χ3v) is 5.06. The van der Waals surface area contributed by atoms with Crippen molar-refractivity contribution in [1.29, 1.82) is 5.26 Å². The van der Waals surface area contributed by atoms with E-state index in [-0.39, 0.29) is 18.3 Å². The Morgan fingerprint density at radius 3 is 2.59 bits per heavy atom. The highest BCUT2D eigenvalue weighted by molar-refractivity contribution is 6.33. The molecule has 4 rings (SSSR count). The first-order chi connectivity index (χ1) is 13.9. The Labute approximate surface area is 170 Å². The number of imide groups is 1. The van der Waals surface area contributed by atoms with E-state index in [0.29, 0.717) is 21.7 Å². The smallest absolute Gasteiger partial charge is 0.325 e. The number of carbonyl (C=O) groups is 2. The molecule has 1 aromatic heterocycles. The van der Waals surface area contributed by atoms with E-state index < -0.39 is 17.5 Å². The monoisotopic (exact) mass is 407 g/mol. The maximum Gasteiger partial charge on any atom is 0.325 e. The molecule has 3 amide bonds. The average molecular weight is 408 g/mol. The number of carbonyl (C=O) groups excluding carboxylic acids is 2. The van der Waals surface area contributed by atoms with Crippen LogP contribution in [0.1, 0.15) is 23.9 Å². The lowest BCUT2D eigenvalue weighted by atomic mass is 9.91. The zero-order valence-corrected chi connectivity index (χ0v) is 16.0. The van der Waals surface area contributed by atoms with Gasteiger partial charge in [-0.05, 0) is 36.8 Å². The molecule has 8 nitrogen and oxygen atoms in total. The first kappa shape index (κ1) is 18.7. The standard InChI is InChI=1S/C20H14ClN5O3/c1-20(13-8-6-12(10-22)7-9-13)18(27)26(19(28)23-20)11-16-24-25-17(29-16)14-4-2-3-5-15(14)21/h2-9H,11H2,1H3,(H,23,28). The van der Waals surface area contributed by atoms with Crippen molar-refractivity contribution in [3.63, 3.8) is 0 Å². The number of benzene rings is 2. The van der Waals surface area contributed by atoms with E-state index in [0.717, 1.165) is 4.90 Å². The van der Waals surface area contributed by atoms with Gasteiger partial charge < -0.3 is 9.73 Å². The molecule has 1 unspecified atom stereocenters. The molecule has 0 aliphatic carbocycles. The molecule has 0 radical (unpaired) electrons. The van der Waals surface area contributed by atoms with Crippen molar-refractivity contribution in [1.82, 2.24) is 20.4 Å². The van der Waals surface area contributed by atoms with Crippen molar-refractivity contribution >= 4 is 23.5 Å². The van der Waals surface area contributed by atoms with E-state index >= 15 is 0 Å². The normalized spacial score (nSPS) is 18.6. The second kappa shape index (κ2) is 7.04. The fourth-order valence-corrected chi connectivity index (χ4v) is 3.33. The Hall–Kier alpha value is -3.70. The van der Waals surface area contributed by atoms with Crippen LogP contribution in [0, 0.1) is 11.3 Å². The fourth-order valence-electron chi connectivity index (χ4n) is 3.11. The second-order valence-electron chi connectivity index (χ2n) is 6.62. The average Bonchev–Trinajstić information content (AvgIpc) is 3.27. The van der Waals surface area contributed by atoms with Crippen LogP contribution in [0.2, 0.25) is 5.02 Å². The van der Waals surface area contributed by atoms with Gasteiger partial charge in [0, 0.05) is 0 Å². The lowest BCUT2D eigenvalue weighted by Gasteiger charge is -2.22. The van der Waals surface area contributed by atoms with Gasteiger partial charge in [0.2, 0.25) is 11.8 Å². The molecule has 9 heteroatoms. The van der Waals surface area contributed by atoms with Crippen LogP contribution in [0.4, 0.5) is 4.79 Å². The first-order valence-electron chi connectivity index (χ1n) is 8.64. The summed E-state index contributed by atoms with van der Waals surface area (Å²) in [5.74, 6) is -0.148. The number of nitriles is 1. The highest BCUT2D eigenvalue weighted by Crippen LogP contribution is 2.31. The third-order valence-electron chi connectivity index (χ3n) is 4.73. The molecule has 1 aliphatic heterocycles. The van der Waals surface area contributed by atoms with E-state index in [4.69, 9.17) is 21.3 Å². The largest absolute Gasteiger partial charge is 0.419 e. The summed E-state index contributed by atoms with van der Waals surface area (Å²) in [5.41, 5.74) is 0.340. The Kier molecular flexibility index (Phi) is 4.53. The summed E-state index contributed by atoms with van der Waals surface area (Å²) in [6, 6.07) is 14.9. The summed E-state index contributed by atoms with van der Waals surface area (Å²) in [4.78, 5) is 26.5. The number of urea groups is 1.